The minimum absolute atomic E-state index is 0.274. The Balaban J connectivity index is 2.20. The van der Waals surface area contributed by atoms with E-state index < -0.39 is 5.97 Å². The van der Waals surface area contributed by atoms with Gasteiger partial charge in [0.05, 0.1) is 18.4 Å². The third kappa shape index (κ3) is 4.47. The molecule has 2 rings (SSSR count). The van der Waals surface area contributed by atoms with E-state index in [1.807, 2.05) is 0 Å². The van der Waals surface area contributed by atoms with Crippen molar-refractivity contribution in [2.45, 2.75) is 27.2 Å². The molecule has 1 heterocycles. The van der Waals surface area contributed by atoms with Crippen molar-refractivity contribution in [3.05, 3.63) is 52.5 Å². The third-order valence-corrected chi connectivity index (χ3v) is 3.64. The number of hydrazone groups is 1. The number of methoxy groups -OCH3 is 1. The highest BCUT2D eigenvalue weighted by molar-refractivity contribution is 6.01. The van der Waals surface area contributed by atoms with Crippen molar-refractivity contribution in [3.8, 4) is 5.75 Å². The van der Waals surface area contributed by atoms with Gasteiger partial charge >= 0.3 is 0 Å². The number of carboxylic acid groups (broad SMARTS) is 1. The Hall–Kier alpha value is -3.09. The predicted molar refractivity (Wildman–Crippen MR) is 89.6 cm³/mol. The SMILES string of the molecule is COc1ccc(/C(C)=N\NC(=O)c2cc(C)oc2C)cc1CC(=O)[O-]. The molecule has 0 saturated carbocycles. The number of carbonyl (C=O) groups excluding carboxylic acids is 2. The van der Waals surface area contributed by atoms with Crippen molar-refractivity contribution in [1.29, 1.82) is 0 Å². The monoisotopic (exact) mass is 343 g/mol. The van der Waals surface area contributed by atoms with Crippen molar-refractivity contribution in [2.75, 3.05) is 7.11 Å². The molecule has 0 bridgehead atoms. The maximum absolute atomic E-state index is 12.1. The Labute approximate surface area is 145 Å². The second-order valence-electron chi connectivity index (χ2n) is 5.54. The first-order valence-corrected chi connectivity index (χ1v) is 7.60. The van der Waals surface area contributed by atoms with Gasteiger partial charge in [-0.2, -0.15) is 5.10 Å². The van der Waals surface area contributed by atoms with E-state index in [-0.39, 0.29) is 12.3 Å². The van der Waals surface area contributed by atoms with Crippen LogP contribution in [-0.2, 0) is 11.2 Å². The summed E-state index contributed by atoms with van der Waals surface area (Å²) in [5, 5.41) is 14.9. The van der Waals surface area contributed by atoms with E-state index in [0.717, 1.165) is 0 Å². The molecular formula is C18H19N2O5-. The molecule has 0 fully saturated rings. The zero-order valence-corrected chi connectivity index (χ0v) is 14.5. The quantitative estimate of drug-likeness (QED) is 0.630. The van der Waals surface area contributed by atoms with Gasteiger partial charge in [-0.05, 0) is 50.6 Å². The van der Waals surface area contributed by atoms with Crippen molar-refractivity contribution < 1.29 is 23.8 Å². The molecule has 1 N–H and O–H groups in total. The topological polar surface area (TPSA) is 104 Å². The van der Waals surface area contributed by atoms with Crippen LogP contribution < -0.4 is 15.3 Å². The lowest BCUT2D eigenvalue weighted by atomic mass is 10.0. The van der Waals surface area contributed by atoms with Crippen LogP contribution in [0.1, 0.15) is 39.9 Å². The first-order valence-electron chi connectivity index (χ1n) is 7.60. The number of benzene rings is 1. The van der Waals surface area contributed by atoms with E-state index in [4.69, 9.17) is 9.15 Å². The van der Waals surface area contributed by atoms with E-state index in [9.17, 15) is 14.7 Å². The van der Waals surface area contributed by atoms with Crippen LogP contribution in [-0.4, -0.2) is 24.7 Å². The van der Waals surface area contributed by atoms with Gasteiger partial charge in [-0.25, -0.2) is 5.43 Å². The van der Waals surface area contributed by atoms with Crippen LogP contribution >= 0.6 is 0 Å². The number of nitrogens with zero attached hydrogens (tertiary/aromatic N) is 1. The molecule has 0 aliphatic carbocycles. The largest absolute Gasteiger partial charge is 0.550 e. The number of carbonyl (C=O) groups is 2. The van der Waals surface area contributed by atoms with Crippen LogP contribution in [0.4, 0.5) is 0 Å². The van der Waals surface area contributed by atoms with E-state index in [1.165, 1.54) is 7.11 Å². The molecule has 0 atom stereocenters. The van der Waals surface area contributed by atoms with Gasteiger partial charge in [0.25, 0.3) is 5.91 Å². The van der Waals surface area contributed by atoms with Crippen LogP contribution in [0.25, 0.3) is 0 Å². The number of nitrogens with one attached hydrogen (secondary N) is 1. The Bertz CT molecular complexity index is 836. The summed E-state index contributed by atoms with van der Waals surface area (Å²) in [6, 6.07) is 6.67. The Morgan fingerprint density at radius 2 is 2.00 bits per heavy atom. The molecule has 0 saturated heterocycles. The Morgan fingerprint density at radius 3 is 2.56 bits per heavy atom. The lowest BCUT2D eigenvalue weighted by molar-refractivity contribution is -0.304. The van der Waals surface area contributed by atoms with Crippen LogP contribution in [0, 0.1) is 13.8 Å². The van der Waals surface area contributed by atoms with Crippen LogP contribution in [0.5, 0.6) is 5.75 Å². The molecule has 0 aliphatic rings. The molecule has 132 valence electrons. The normalized spacial score (nSPS) is 11.3. The number of furan rings is 1. The molecule has 1 aromatic carbocycles. The number of aliphatic carboxylic acids is 1. The average Bonchev–Trinajstić information content (AvgIpc) is 2.90. The zero-order valence-electron chi connectivity index (χ0n) is 14.5. The average molecular weight is 343 g/mol. The summed E-state index contributed by atoms with van der Waals surface area (Å²) < 4.78 is 10.5. The van der Waals surface area contributed by atoms with Crippen LogP contribution in [0.3, 0.4) is 0 Å². The number of aryl methyl sites for hydroxylation is 2. The van der Waals surface area contributed by atoms with E-state index in [0.29, 0.717) is 39.7 Å². The summed E-state index contributed by atoms with van der Waals surface area (Å²) in [6.07, 6.45) is -0.274. The summed E-state index contributed by atoms with van der Waals surface area (Å²) >= 11 is 0. The first-order chi connectivity index (χ1) is 11.8. The van der Waals surface area contributed by atoms with Crippen LogP contribution in [0.2, 0.25) is 0 Å². The maximum atomic E-state index is 12.1. The van der Waals surface area contributed by atoms with Gasteiger partial charge in [0.15, 0.2) is 0 Å². The minimum atomic E-state index is -1.20. The first kappa shape index (κ1) is 18.3. The number of ether oxygens (including phenoxy) is 1. The molecule has 1 aromatic heterocycles. The number of carboxylic acids is 1. The van der Waals surface area contributed by atoms with Gasteiger partial charge in [-0.3, -0.25) is 4.79 Å². The van der Waals surface area contributed by atoms with Crippen molar-refractivity contribution in [2.24, 2.45) is 5.10 Å². The Kier molecular flexibility index (Phi) is 5.59. The molecule has 1 amide bonds. The maximum Gasteiger partial charge on any atom is 0.274 e. The number of rotatable bonds is 6. The lowest BCUT2D eigenvalue weighted by Crippen LogP contribution is -2.24. The number of amides is 1. The van der Waals surface area contributed by atoms with Gasteiger partial charge in [-0.1, -0.05) is 0 Å². The molecule has 0 unspecified atom stereocenters. The molecule has 0 radical (unpaired) electrons. The Morgan fingerprint density at radius 1 is 1.28 bits per heavy atom. The van der Waals surface area contributed by atoms with Gasteiger partial charge in [-0.15, -0.1) is 0 Å². The van der Waals surface area contributed by atoms with Crippen molar-refractivity contribution in [3.63, 3.8) is 0 Å². The second-order valence-corrected chi connectivity index (χ2v) is 5.54. The number of hydrogen-bond acceptors (Lipinski definition) is 6. The van der Waals surface area contributed by atoms with Gasteiger partial charge in [0.2, 0.25) is 0 Å². The third-order valence-electron chi connectivity index (χ3n) is 3.64. The summed E-state index contributed by atoms with van der Waals surface area (Å²) in [5.74, 6) is 0.0320. The van der Waals surface area contributed by atoms with E-state index >= 15 is 0 Å². The highest BCUT2D eigenvalue weighted by Crippen LogP contribution is 2.21. The molecule has 25 heavy (non-hydrogen) atoms. The lowest BCUT2D eigenvalue weighted by Gasteiger charge is -2.11. The molecule has 0 aliphatic heterocycles. The number of hydrogen-bond donors (Lipinski definition) is 1. The second kappa shape index (κ2) is 7.65. The summed E-state index contributed by atoms with van der Waals surface area (Å²) in [6.45, 7) is 5.17. The molecular weight excluding hydrogens is 324 g/mol. The fourth-order valence-corrected chi connectivity index (χ4v) is 2.41. The van der Waals surface area contributed by atoms with Crippen molar-refractivity contribution >= 4 is 17.6 Å². The molecule has 0 spiro atoms. The highest BCUT2D eigenvalue weighted by atomic mass is 16.5. The standard InChI is InChI=1S/C18H20N2O5/c1-10-7-15(12(3)25-10)18(23)20-19-11(2)13-5-6-16(24-4)14(8-13)9-17(21)22/h5-8H,9H2,1-4H3,(H,20,23)(H,21,22)/p-1/b19-11-. The summed E-state index contributed by atoms with van der Waals surface area (Å²) in [7, 11) is 1.46. The highest BCUT2D eigenvalue weighted by Gasteiger charge is 2.13. The van der Waals surface area contributed by atoms with Gasteiger partial charge in [0.1, 0.15) is 17.3 Å². The zero-order chi connectivity index (χ0) is 18.6. The van der Waals surface area contributed by atoms with Gasteiger partial charge < -0.3 is 19.1 Å². The van der Waals surface area contributed by atoms with Crippen LogP contribution in [0.15, 0.2) is 33.8 Å². The predicted octanol–water partition coefficient (Wildman–Crippen LogP) is 1.35. The van der Waals surface area contributed by atoms with E-state index in [1.54, 1.807) is 45.0 Å². The smallest absolute Gasteiger partial charge is 0.274 e. The molecule has 7 heteroatoms. The summed E-state index contributed by atoms with van der Waals surface area (Å²) in [4.78, 5) is 23.0. The fraction of sp³-hybridized carbons (Fsp3) is 0.278. The molecule has 2 aromatic rings. The minimum Gasteiger partial charge on any atom is -0.550 e. The fourth-order valence-electron chi connectivity index (χ4n) is 2.41. The van der Waals surface area contributed by atoms with Gasteiger partial charge in [0, 0.05) is 18.0 Å². The van der Waals surface area contributed by atoms with Crippen molar-refractivity contribution in [1.82, 2.24) is 5.43 Å². The van der Waals surface area contributed by atoms with E-state index in [2.05, 4.69) is 10.5 Å². The summed E-state index contributed by atoms with van der Waals surface area (Å²) in [5.41, 5.74) is 4.55. The molecule has 7 nitrogen and oxygen atoms in total.